The summed E-state index contributed by atoms with van der Waals surface area (Å²) in [5, 5.41) is 10.5. The summed E-state index contributed by atoms with van der Waals surface area (Å²) in [6, 6.07) is 7.45. The fourth-order valence-corrected chi connectivity index (χ4v) is 4.87. The molecule has 0 aromatic heterocycles. The van der Waals surface area contributed by atoms with Crippen LogP contribution in [0.1, 0.15) is 18.1 Å². The number of nitrogens with zero attached hydrogens (tertiary/aromatic N) is 2. The highest BCUT2D eigenvalue weighted by atomic mass is 32.2. The molecule has 0 saturated carbocycles. The van der Waals surface area contributed by atoms with E-state index in [0.29, 0.717) is 17.3 Å². The number of nitro benzene ring substituents is 1. The van der Waals surface area contributed by atoms with Crippen molar-refractivity contribution >= 4 is 50.8 Å². The van der Waals surface area contributed by atoms with Crippen molar-refractivity contribution in [3.05, 3.63) is 62.5 Å². The molecule has 0 spiro atoms. The van der Waals surface area contributed by atoms with Gasteiger partial charge in [0.1, 0.15) is 11.4 Å². The van der Waals surface area contributed by atoms with E-state index in [4.69, 9.17) is 13.7 Å². The number of hydrogen-bond acceptors (Lipinski definition) is 11. The number of rotatable bonds is 9. The topological polar surface area (TPSA) is 159 Å². The molecule has 2 aromatic carbocycles. The fraction of sp³-hybridized carbons (Fsp3) is 0.227. The molecule has 0 atom stereocenters. The van der Waals surface area contributed by atoms with Gasteiger partial charge in [-0.1, -0.05) is 12.1 Å². The fourth-order valence-electron chi connectivity index (χ4n) is 3.07. The minimum Gasteiger partial charge on any atom is -0.493 e. The molecule has 1 aliphatic rings. The van der Waals surface area contributed by atoms with Crippen molar-refractivity contribution in [1.82, 2.24) is 4.90 Å². The molecular formula is C22H20N2O10S2. The third-order valence-electron chi connectivity index (χ3n) is 4.82. The second kappa shape index (κ2) is 10.8. The van der Waals surface area contributed by atoms with Gasteiger partial charge >= 0.3 is 16.1 Å². The Morgan fingerprint density at radius 3 is 2.53 bits per heavy atom. The van der Waals surface area contributed by atoms with Crippen molar-refractivity contribution in [2.45, 2.75) is 18.7 Å². The van der Waals surface area contributed by atoms with Crippen molar-refractivity contribution < 1.29 is 41.4 Å². The number of carbonyl (C=O) groups is 3. The van der Waals surface area contributed by atoms with Crippen LogP contribution >= 0.6 is 11.8 Å². The number of methoxy groups -OCH3 is 1. The quantitative estimate of drug-likeness (QED) is 0.152. The van der Waals surface area contributed by atoms with E-state index >= 15 is 0 Å². The van der Waals surface area contributed by atoms with Crippen LogP contribution in [0.3, 0.4) is 0 Å². The first-order valence-electron chi connectivity index (χ1n) is 10.3. The zero-order valence-electron chi connectivity index (χ0n) is 19.2. The second-order valence-electron chi connectivity index (χ2n) is 7.23. The molecule has 190 valence electrons. The van der Waals surface area contributed by atoms with Gasteiger partial charge in [-0.05, 0) is 55.4 Å². The zero-order valence-corrected chi connectivity index (χ0v) is 20.9. The highest BCUT2D eigenvalue weighted by Crippen LogP contribution is 2.35. The highest BCUT2D eigenvalue weighted by molar-refractivity contribution is 8.18. The summed E-state index contributed by atoms with van der Waals surface area (Å²) in [4.78, 5) is 47.2. The summed E-state index contributed by atoms with van der Waals surface area (Å²) >= 11 is 0.634. The zero-order chi connectivity index (χ0) is 26.6. The predicted octanol–water partition coefficient (Wildman–Crippen LogP) is 3.28. The van der Waals surface area contributed by atoms with Crippen molar-refractivity contribution in [3.8, 4) is 11.5 Å². The number of thioether (sulfide) groups is 1. The predicted molar refractivity (Wildman–Crippen MR) is 128 cm³/mol. The van der Waals surface area contributed by atoms with Gasteiger partial charge in [0.2, 0.25) is 0 Å². The van der Waals surface area contributed by atoms with Crippen LogP contribution in [0.4, 0.5) is 10.5 Å². The van der Waals surface area contributed by atoms with Gasteiger partial charge in [-0.25, -0.2) is 0 Å². The molecule has 2 aromatic rings. The minimum absolute atomic E-state index is 0.0142. The van der Waals surface area contributed by atoms with E-state index in [1.54, 1.807) is 6.92 Å². The minimum atomic E-state index is -4.45. The normalized spacial score (nSPS) is 14.8. The number of carbonyl (C=O) groups excluding carboxylic acids is 3. The average molecular weight is 537 g/mol. The number of hydrogen-bond donors (Lipinski definition) is 0. The third kappa shape index (κ3) is 5.83. The van der Waals surface area contributed by atoms with Gasteiger partial charge < -0.3 is 13.7 Å². The molecule has 1 saturated heterocycles. The van der Waals surface area contributed by atoms with E-state index in [1.165, 1.54) is 50.4 Å². The third-order valence-corrected chi connectivity index (χ3v) is 6.95. The Labute approximate surface area is 210 Å². The Bertz CT molecular complexity index is 1390. The van der Waals surface area contributed by atoms with Crippen LogP contribution in [0, 0.1) is 17.0 Å². The van der Waals surface area contributed by atoms with Crippen LogP contribution in [0.5, 0.6) is 11.5 Å². The first-order chi connectivity index (χ1) is 17.0. The lowest BCUT2D eigenvalue weighted by Crippen LogP contribution is -2.34. The molecule has 0 N–H and O–H groups in total. The van der Waals surface area contributed by atoms with Gasteiger partial charge in [0.05, 0.1) is 23.5 Å². The lowest BCUT2D eigenvalue weighted by molar-refractivity contribution is -0.385. The van der Waals surface area contributed by atoms with Crippen LogP contribution in [0.15, 0.2) is 46.2 Å². The number of esters is 1. The Kier molecular flexibility index (Phi) is 8.00. The van der Waals surface area contributed by atoms with E-state index in [9.17, 15) is 32.9 Å². The molecule has 3 rings (SSSR count). The van der Waals surface area contributed by atoms with Crippen LogP contribution in [-0.2, 0) is 24.4 Å². The number of imide groups is 1. The van der Waals surface area contributed by atoms with Crippen LogP contribution < -0.4 is 8.92 Å². The number of nitro groups is 1. The van der Waals surface area contributed by atoms with Gasteiger partial charge in [-0.2, -0.15) is 8.42 Å². The lowest BCUT2D eigenvalue weighted by atomic mass is 10.2. The Balaban J connectivity index is 1.85. The monoisotopic (exact) mass is 536 g/mol. The van der Waals surface area contributed by atoms with E-state index in [0.717, 1.165) is 11.0 Å². The van der Waals surface area contributed by atoms with E-state index in [1.807, 2.05) is 0 Å². The summed E-state index contributed by atoms with van der Waals surface area (Å²) in [7, 11) is -3.18. The second-order valence-corrected chi connectivity index (χ2v) is 9.77. The molecule has 0 radical (unpaired) electrons. The molecule has 1 heterocycles. The van der Waals surface area contributed by atoms with Gasteiger partial charge in [0, 0.05) is 11.6 Å². The van der Waals surface area contributed by atoms with Gasteiger partial charge in [-0.15, -0.1) is 0 Å². The van der Waals surface area contributed by atoms with Crippen molar-refractivity contribution in [3.63, 3.8) is 0 Å². The largest absolute Gasteiger partial charge is 0.493 e. The summed E-state index contributed by atoms with van der Waals surface area (Å²) in [5.74, 6) is -1.61. The van der Waals surface area contributed by atoms with Crippen molar-refractivity contribution in [2.24, 2.45) is 0 Å². The molecule has 36 heavy (non-hydrogen) atoms. The maximum absolute atomic E-state index is 12.7. The van der Waals surface area contributed by atoms with Crippen LogP contribution in [0.25, 0.3) is 6.08 Å². The number of benzene rings is 2. The molecule has 0 aliphatic carbocycles. The smallest absolute Gasteiger partial charge is 0.339 e. The molecule has 1 aliphatic heterocycles. The number of amides is 2. The first kappa shape index (κ1) is 26.7. The molecule has 1 fully saturated rings. The summed E-state index contributed by atoms with van der Waals surface area (Å²) in [5.41, 5.74) is 0.288. The highest BCUT2D eigenvalue weighted by Gasteiger charge is 2.36. The molecule has 0 unspecified atom stereocenters. The Morgan fingerprint density at radius 1 is 1.17 bits per heavy atom. The molecule has 2 amide bonds. The first-order valence-corrected chi connectivity index (χ1v) is 12.5. The molecular weight excluding hydrogens is 516 g/mol. The lowest BCUT2D eigenvalue weighted by Gasteiger charge is -2.12. The average Bonchev–Trinajstić information content (AvgIpc) is 3.07. The van der Waals surface area contributed by atoms with Gasteiger partial charge in [0.15, 0.2) is 11.5 Å². The maximum Gasteiger partial charge on any atom is 0.339 e. The summed E-state index contributed by atoms with van der Waals surface area (Å²) in [6.07, 6.45) is 1.38. The summed E-state index contributed by atoms with van der Waals surface area (Å²) in [6.45, 7) is 2.67. The van der Waals surface area contributed by atoms with Gasteiger partial charge in [0.25, 0.3) is 16.8 Å². The van der Waals surface area contributed by atoms with E-state index in [-0.39, 0.29) is 34.3 Å². The Hall–Kier alpha value is -3.91. The molecule has 14 heteroatoms. The number of ether oxygens (including phenoxy) is 2. The van der Waals surface area contributed by atoms with Crippen molar-refractivity contribution in [2.75, 3.05) is 20.3 Å². The van der Waals surface area contributed by atoms with E-state index in [2.05, 4.69) is 0 Å². The van der Waals surface area contributed by atoms with E-state index < -0.39 is 43.6 Å². The van der Waals surface area contributed by atoms with Crippen molar-refractivity contribution in [1.29, 1.82) is 0 Å². The van der Waals surface area contributed by atoms with Crippen LogP contribution in [0.2, 0.25) is 0 Å². The Morgan fingerprint density at radius 2 is 1.89 bits per heavy atom. The number of aryl methyl sites for hydroxylation is 1. The SMILES string of the molecule is CCOC(=O)CN1C(=O)S/C(=C\c2ccc(OS(=O)(=O)c3ccc(C)c([N+](=O)[O-])c3)c(OC)c2)C1=O. The van der Waals surface area contributed by atoms with Crippen LogP contribution in [-0.4, -0.2) is 55.6 Å². The molecule has 0 bridgehead atoms. The molecule has 12 nitrogen and oxygen atoms in total. The van der Waals surface area contributed by atoms with Gasteiger partial charge in [-0.3, -0.25) is 29.4 Å². The maximum atomic E-state index is 12.7. The standard InChI is InChI=1S/C22H20N2O10S2/c1-4-33-20(25)12-23-21(26)19(35-22(23)27)10-14-6-8-17(18(9-14)32-3)34-36(30,31)15-7-5-13(2)16(11-15)24(28)29/h5-11H,4,12H2,1-3H3/b19-10-. The summed E-state index contributed by atoms with van der Waals surface area (Å²) < 4.78 is 40.6.